The van der Waals surface area contributed by atoms with Crippen LogP contribution in [0.2, 0.25) is 0 Å². The lowest BCUT2D eigenvalue weighted by atomic mass is 10.2. The Kier molecular flexibility index (Phi) is 2.51. The quantitative estimate of drug-likeness (QED) is 0.731. The van der Waals surface area contributed by atoms with Gasteiger partial charge in [-0.1, -0.05) is 0 Å². The minimum absolute atomic E-state index is 0.195. The Labute approximate surface area is 72.3 Å². The zero-order valence-electron chi connectivity index (χ0n) is 6.71. The molecule has 0 amide bonds. The van der Waals surface area contributed by atoms with E-state index in [9.17, 15) is 13.2 Å². The molecule has 1 rings (SSSR count). The highest BCUT2D eigenvalue weighted by atomic mass is 19.4. The van der Waals surface area contributed by atoms with Crippen LogP contribution in [0.3, 0.4) is 0 Å². The molecule has 0 aliphatic rings. The minimum Gasteiger partial charge on any atom is -0.378 e. The van der Waals surface area contributed by atoms with Crippen molar-refractivity contribution in [1.82, 2.24) is 9.97 Å². The molecular weight excluding hydrogens is 185 g/mol. The van der Waals surface area contributed by atoms with E-state index in [0.29, 0.717) is 0 Å². The molecule has 1 heterocycles. The molecule has 0 saturated carbocycles. The third kappa shape index (κ3) is 2.38. The molecule has 0 fully saturated rings. The topological polar surface area (TPSA) is 46.0 Å². The van der Waals surface area contributed by atoms with Gasteiger partial charge in [0.05, 0.1) is 5.69 Å². The summed E-state index contributed by atoms with van der Waals surface area (Å²) in [6.45, 7) is 1.45. The molecule has 6 heteroatoms. The molecule has 0 aliphatic carbocycles. The molecule has 1 atom stereocenters. The first kappa shape index (κ1) is 9.91. The summed E-state index contributed by atoms with van der Waals surface area (Å²) in [5.41, 5.74) is -0.431. The van der Waals surface area contributed by atoms with Crippen LogP contribution in [0.1, 0.15) is 17.6 Å². The lowest BCUT2D eigenvalue weighted by Gasteiger charge is -2.13. The second-order valence-electron chi connectivity index (χ2n) is 2.47. The Balaban J connectivity index is 2.96. The van der Waals surface area contributed by atoms with E-state index >= 15 is 0 Å². The molecular formula is C7H7F3N2O. The lowest BCUT2D eigenvalue weighted by molar-refractivity contribution is -0.208. The van der Waals surface area contributed by atoms with Gasteiger partial charge >= 0.3 is 6.18 Å². The monoisotopic (exact) mass is 192 g/mol. The van der Waals surface area contributed by atoms with E-state index in [1.54, 1.807) is 0 Å². The van der Waals surface area contributed by atoms with Gasteiger partial charge in [-0.15, -0.1) is 0 Å². The summed E-state index contributed by atoms with van der Waals surface area (Å²) in [7, 11) is 0. The van der Waals surface area contributed by atoms with Crippen molar-refractivity contribution in [1.29, 1.82) is 0 Å². The number of aliphatic hydroxyl groups is 1. The van der Waals surface area contributed by atoms with Gasteiger partial charge in [0.15, 0.2) is 6.10 Å². The average Bonchev–Trinajstić information content (AvgIpc) is 2.01. The number of hydrogen-bond donors (Lipinski definition) is 1. The van der Waals surface area contributed by atoms with Gasteiger partial charge in [0.25, 0.3) is 0 Å². The SMILES string of the molecule is Cc1nccc(C(O)C(F)(F)F)n1. The Morgan fingerprint density at radius 2 is 2.08 bits per heavy atom. The van der Waals surface area contributed by atoms with Crippen LogP contribution in [-0.4, -0.2) is 21.3 Å². The Morgan fingerprint density at radius 1 is 1.46 bits per heavy atom. The molecule has 13 heavy (non-hydrogen) atoms. The predicted octanol–water partition coefficient (Wildman–Crippen LogP) is 1.38. The highest BCUT2D eigenvalue weighted by Gasteiger charge is 2.40. The van der Waals surface area contributed by atoms with Crippen LogP contribution >= 0.6 is 0 Å². The smallest absolute Gasteiger partial charge is 0.378 e. The number of halogens is 3. The van der Waals surface area contributed by atoms with Gasteiger partial charge in [0, 0.05) is 6.20 Å². The Hall–Kier alpha value is -1.17. The fourth-order valence-electron chi connectivity index (χ4n) is 0.794. The highest BCUT2D eigenvalue weighted by Crippen LogP contribution is 2.30. The highest BCUT2D eigenvalue weighted by molar-refractivity contribution is 5.06. The van der Waals surface area contributed by atoms with E-state index in [0.717, 1.165) is 6.07 Å². The molecule has 1 N–H and O–H groups in total. The van der Waals surface area contributed by atoms with Gasteiger partial charge in [-0.3, -0.25) is 0 Å². The molecule has 1 aromatic heterocycles. The molecule has 0 aliphatic heterocycles. The number of aromatic nitrogens is 2. The van der Waals surface area contributed by atoms with Gasteiger partial charge in [0.2, 0.25) is 0 Å². The number of hydrogen-bond acceptors (Lipinski definition) is 3. The summed E-state index contributed by atoms with van der Waals surface area (Å²) in [6.07, 6.45) is -6.04. The minimum atomic E-state index is -4.68. The van der Waals surface area contributed by atoms with Gasteiger partial charge < -0.3 is 5.11 Å². The summed E-state index contributed by atoms with van der Waals surface area (Å²) in [4.78, 5) is 7.07. The summed E-state index contributed by atoms with van der Waals surface area (Å²) < 4.78 is 35.9. The van der Waals surface area contributed by atoms with Crippen molar-refractivity contribution in [2.24, 2.45) is 0 Å². The van der Waals surface area contributed by atoms with E-state index < -0.39 is 18.0 Å². The van der Waals surface area contributed by atoms with Crippen molar-refractivity contribution in [3.8, 4) is 0 Å². The van der Waals surface area contributed by atoms with E-state index in [2.05, 4.69) is 9.97 Å². The van der Waals surface area contributed by atoms with Crippen LogP contribution in [0.25, 0.3) is 0 Å². The molecule has 72 valence electrons. The van der Waals surface area contributed by atoms with Crippen LogP contribution in [-0.2, 0) is 0 Å². The van der Waals surface area contributed by atoms with E-state index in [1.807, 2.05) is 0 Å². The Bertz CT molecular complexity index is 300. The Morgan fingerprint density at radius 3 is 2.54 bits per heavy atom. The van der Waals surface area contributed by atoms with Gasteiger partial charge in [-0.05, 0) is 13.0 Å². The average molecular weight is 192 g/mol. The molecule has 1 unspecified atom stereocenters. The van der Waals surface area contributed by atoms with Crippen molar-refractivity contribution < 1.29 is 18.3 Å². The molecule has 3 nitrogen and oxygen atoms in total. The predicted molar refractivity (Wildman–Crippen MR) is 37.8 cm³/mol. The van der Waals surface area contributed by atoms with Gasteiger partial charge in [-0.2, -0.15) is 13.2 Å². The fourth-order valence-corrected chi connectivity index (χ4v) is 0.794. The molecule has 0 radical (unpaired) electrons. The molecule has 1 aromatic rings. The van der Waals surface area contributed by atoms with Crippen molar-refractivity contribution in [2.45, 2.75) is 19.2 Å². The molecule has 0 spiro atoms. The lowest BCUT2D eigenvalue weighted by Crippen LogP contribution is -2.21. The number of rotatable bonds is 1. The first-order chi connectivity index (χ1) is 5.91. The zero-order chi connectivity index (χ0) is 10.1. The first-order valence-corrected chi connectivity index (χ1v) is 3.45. The molecule has 0 bridgehead atoms. The second kappa shape index (κ2) is 3.29. The van der Waals surface area contributed by atoms with Gasteiger partial charge in [0.1, 0.15) is 5.82 Å². The maximum Gasteiger partial charge on any atom is 0.420 e. The molecule has 0 aromatic carbocycles. The standard InChI is InChI=1S/C7H7F3N2O/c1-4-11-3-2-5(12-4)6(13)7(8,9)10/h2-3,6,13H,1H3. The summed E-state index contributed by atoms with van der Waals surface area (Å²) in [6, 6.07) is 1.03. The van der Waals surface area contributed by atoms with Crippen LogP contribution in [0, 0.1) is 6.92 Å². The normalized spacial score (nSPS) is 14.2. The summed E-state index contributed by atoms with van der Waals surface area (Å²) >= 11 is 0. The maximum absolute atomic E-state index is 12.0. The zero-order valence-corrected chi connectivity index (χ0v) is 6.71. The number of aryl methyl sites for hydroxylation is 1. The number of alkyl halides is 3. The van der Waals surface area contributed by atoms with Crippen molar-refractivity contribution in [2.75, 3.05) is 0 Å². The summed E-state index contributed by atoms with van der Waals surface area (Å²) in [5.74, 6) is 0.195. The first-order valence-electron chi connectivity index (χ1n) is 3.45. The van der Waals surface area contributed by atoms with E-state index in [-0.39, 0.29) is 5.82 Å². The third-order valence-electron chi connectivity index (χ3n) is 1.39. The second-order valence-corrected chi connectivity index (χ2v) is 2.47. The number of nitrogens with zero attached hydrogens (tertiary/aromatic N) is 2. The van der Waals surface area contributed by atoms with E-state index in [4.69, 9.17) is 5.11 Å². The fraction of sp³-hybridized carbons (Fsp3) is 0.429. The van der Waals surface area contributed by atoms with Gasteiger partial charge in [-0.25, -0.2) is 9.97 Å². The van der Waals surface area contributed by atoms with Crippen LogP contribution in [0.4, 0.5) is 13.2 Å². The van der Waals surface area contributed by atoms with Crippen molar-refractivity contribution >= 4 is 0 Å². The van der Waals surface area contributed by atoms with E-state index in [1.165, 1.54) is 13.1 Å². The van der Waals surface area contributed by atoms with Crippen LogP contribution in [0.5, 0.6) is 0 Å². The maximum atomic E-state index is 12.0. The largest absolute Gasteiger partial charge is 0.420 e. The van der Waals surface area contributed by atoms with Crippen LogP contribution < -0.4 is 0 Å². The van der Waals surface area contributed by atoms with Crippen molar-refractivity contribution in [3.63, 3.8) is 0 Å². The van der Waals surface area contributed by atoms with Crippen LogP contribution in [0.15, 0.2) is 12.3 Å². The molecule has 0 saturated heterocycles. The van der Waals surface area contributed by atoms with Crippen molar-refractivity contribution in [3.05, 3.63) is 23.8 Å². The summed E-state index contributed by atoms with van der Waals surface area (Å²) in [5, 5.41) is 8.77. The third-order valence-corrected chi connectivity index (χ3v) is 1.39. The number of aliphatic hydroxyl groups excluding tert-OH is 1.